The third kappa shape index (κ3) is 5.02. The minimum atomic E-state index is -0.518. The van der Waals surface area contributed by atoms with E-state index >= 15 is 0 Å². The van der Waals surface area contributed by atoms with E-state index in [4.69, 9.17) is 0 Å². The number of hydrogen-bond acceptors (Lipinski definition) is 3. The van der Waals surface area contributed by atoms with Gasteiger partial charge in [-0.1, -0.05) is 50.2 Å². The van der Waals surface area contributed by atoms with Gasteiger partial charge in [-0.2, -0.15) is 5.10 Å². The van der Waals surface area contributed by atoms with E-state index in [1.165, 1.54) is 0 Å². The molecule has 6 nitrogen and oxygen atoms in total. The van der Waals surface area contributed by atoms with Gasteiger partial charge in [0.2, 0.25) is 11.8 Å². The Bertz CT molecular complexity index is 1060. The van der Waals surface area contributed by atoms with Gasteiger partial charge in [-0.25, -0.2) is 0 Å². The van der Waals surface area contributed by atoms with Crippen molar-refractivity contribution in [2.45, 2.75) is 45.8 Å². The first-order chi connectivity index (χ1) is 15.0. The summed E-state index contributed by atoms with van der Waals surface area (Å²) >= 11 is 0. The van der Waals surface area contributed by atoms with Crippen LogP contribution in [0.1, 0.15) is 37.0 Å². The maximum atomic E-state index is 13.3. The van der Waals surface area contributed by atoms with E-state index in [-0.39, 0.29) is 17.7 Å². The number of carbonyl (C=O) groups excluding carboxylic acids is 2. The zero-order valence-electron chi connectivity index (χ0n) is 18.0. The van der Waals surface area contributed by atoms with Crippen LogP contribution in [0.15, 0.2) is 67.0 Å². The average molecular weight is 417 g/mol. The van der Waals surface area contributed by atoms with E-state index in [0.29, 0.717) is 25.9 Å². The third-order valence-corrected chi connectivity index (χ3v) is 5.55. The highest BCUT2D eigenvalue weighted by molar-refractivity contribution is 5.97. The number of fused-ring (bicyclic) bond motifs is 1. The summed E-state index contributed by atoms with van der Waals surface area (Å²) in [6.45, 7) is 5.15. The molecule has 0 saturated heterocycles. The summed E-state index contributed by atoms with van der Waals surface area (Å²) in [5, 5.41) is 7.27. The van der Waals surface area contributed by atoms with E-state index < -0.39 is 6.04 Å². The number of rotatable bonds is 6. The fourth-order valence-electron chi connectivity index (χ4n) is 4.04. The minimum Gasteiger partial charge on any atom is -0.326 e. The van der Waals surface area contributed by atoms with Crippen molar-refractivity contribution in [3.8, 4) is 0 Å². The van der Waals surface area contributed by atoms with Crippen LogP contribution in [0.5, 0.6) is 0 Å². The smallest absolute Gasteiger partial charge is 0.247 e. The maximum absolute atomic E-state index is 13.3. The molecule has 1 aliphatic heterocycles. The molecule has 31 heavy (non-hydrogen) atoms. The number of nitrogens with one attached hydrogen (secondary N) is 1. The van der Waals surface area contributed by atoms with Crippen molar-refractivity contribution in [1.82, 2.24) is 14.7 Å². The molecule has 2 amide bonds. The van der Waals surface area contributed by atoms with E-state index in [0.717, 1.165) is 22.4 Å². The van der Waals surface area contributed by atoms with Crippen molar-refractivity contribution in [2.24, 2.45) is 5.92 Å². The maximum Gasteiger partial charge on any atom is 0.247 e. The summed E-state index contributed by atoms with van der Waals surface area (Å²) in [7, 11) is 0. The summed E-state index contributed by atoms with van der Waals surface area (Å²) in [4.78, 5) is 28.0. The lowest BCUT2D eigenvalue weighted by Gasteiger charge is -2.36. The highest BCUT2D eigenvalue weighted by atomic mass is 16.2. The highest BCUT2D eigenvalue weighted by Crippen LogP contribution is 2.26. The van der Waals surface area contributed by atoms with Gasteiger partial charge in [0.15, 0.2) is 0 Å². The summed E-state index contributed by atoms with van der Waals surface area (Å²) < 4.78 is 1.84. The molecule has 160 valence electrons. The van der Waals surface area contributed by atoms with Gasteiger partial charge in [0.25, 0.3) is 0 Å². The van der Waals surface area contributed by atoms with E-state index in [1.54, 1.807) is 11.1 Å². The Hall–Kier alpha value is -3.41. The Morgan fingerprint density at radius 3 is 2.65 bits per heavy atom. The molecule has 1 unspecified atom stereocenters. The molecule has 0 spiro atoms. The van der Waals surface area contributed by atoms with Crippen molar-refractivity contribution in [2.75, 3.05) is 5.32 Å². The van der Waals surface area contributed by atoms with Crippen LogP contribution in [0.2, 0.25) is 0 Å². The van der Waals surface area contributed by atoms with Crippen LogP contribution < -0.4 is 5.32 Å². The zero-order chi connectivity index (χ0) is 21.8. The first-order valence-electron chi connectivity index (χ1n) is 10.7. The standard InChI is InChI=1S/C25H28N4O2/c1-18(2)13-24(30)29-17-21-9-4-3-8-20(21)15-23(29)25(31)27-22-10-5-7-19(14-22)16-28-12-6-11-26-28/h3-12,14,18,23H,13,15-17H2,1-2H3,(H,27,31). The first-order valence-corrected chi connectivity index (χ1v) is 10.7. The second-order valence-corrected chi connectivity index (χ2v) is 8.50. The van der Waals surface area contributed by atoms with Crippen LogP contribution >= 0.6 is 0 Å². The lowest BCUT2D eigenvalue weighted by Crippen LogP contribution is -2.50. The molecule has 0 saturated carbocycles. The molecular formula is C25H28N4O2. The Morgan fingerprint density at radius 1 is 1.10 bits per heavy atom. The number of anilines is 1. The van der Waals surface area contributed by atoms with E-state index in [9.17, 15) is 9.59 Å². The molecule has 0 fully saturated rings. The van der Waals surface area contributed by atoms with Crippen molar-refractivity contribution >= 4 is 17.5 Å². The molecule has 0 bridgehead atoms. The van der Waals surface area contributed by atoms with Crippen LogP contribution in [0.4, 0.5) is 5.69 Å². The monoisotopic (exact) mass is 416 g/mol. The van der Waals surface area contributed by atoms with Gasteiger partial charge in [0.1, 0.15) is 6.04 Å². The second-order valence-electron chi connectivity index (χ2n) is 8.50. The van der Waals surface area contributed by atoms with Gasteiger partial charge in [0.05, 0.1) is 6.54 Å². The second kappa shape index (κ2) is 9.16. The van der Waals surface area contributed by atoms with Crippen molar-refractivity contribution < 1.29 is 9.59 Å². The Morgan fingerprint density at radius 2 is 1.90 bits per heavy atom. The third-order valence-electron chi connectivity index (χ3n) is 5.55. The van der Waals surface area contributed by atoms with E-state index in [1.807, 2.05) is 79.3 Å². The van der Waals surface area contributed by atoms with Gasteiger partial charge in [0, 0.05) is 37.5 Å². The summed E-state index contributed by atoms with van der Waals surface area (Å²) in [6, 6.07) is 17.2. The largest absolute Gasteiger partial charge is 0.326 e. The van der Waals surface area contributed by atoms with Crippen molar-refractivity contribution in [3.63, 3.8) is 0 Å². The molecule has 6 heteroatoms. The normalized spacial score (nSPS) is 15.6. The van der Waals surface area contributed by atoms with Crippen molar-refractivity contribution in [3.05, 3.63) is 83.7 Å². The van der Waals surface area contributed by atoms with Crippen LogP contribution in [-0.4, -0.2) is 32.5 Å². The Labute approximate surface area is 182 Å². The molecule has 1 N–H and O–H groups in total. The molecule has 0 radical (unpaired) electrons. The predicted molar refractivity (Wildman–Crippen MR) is 120 cm³/mol. The summed E-state index contributed by atoms with van der Waals surface area (Å²) in [5.41, 5.74) is 4.02. The van der Waals surface area contributed by atoms with Crippen molar-refractivity contribution in [1.29, 1.82) is 0 Å². The van der Waals surface area contributed by atoms with Gasteiger partial charge < -0.3 is 10.2 Å². The Balaban J connectivity index is 1.53. The number of hydrogen-bond donors (Lipinski definition) is 1. The molecule has 1 atom stereocenters. The number of nitrogens with zero attached hydrogens (tertiary/aromatic N) is 3. The molecule has 4 rings (SSSR count). The van der Waals surface area contributed by atoms with E-state index in [2.05, 4.69) is 10.4 Å². The van der Waals surface area contributed by atoms with Crippen LogP contribution in [0.3, 0.4) is 0 Å². The fourth-order valence-corrected chi connectivity index (χ4v) is 4.04. The highest BCUT2D eigenvalue weighted by Gasteiger charge is 2.34. The number of carbonyl (C=O) groups is 2. The molecule has 0 aliphatic carbocycles. The number of amides is 2. The van der Waals surface area contributed by atoms with Crippen LogP contribution in [-0.2, 0) is 29.1 Å². The average Bonchev–Trinajstić information content (AvgIpc) is 3.25. The lowest BCUT2D eigenvalue weighted by molar-refractivity contribution is -0.140. The molecule has 1 aromatic heterocycles. The topological polar surface area (TPSA) is 67.2 Å². The summed E-state index contributed by atoms with van der Waals surface area (Å²) in [5.74, 6) is 0.118. The summed E-state index contributed by atoms with van der Waals surface area (Å²) in [6.07, 6.45) is 4.61. The van der Waals surface area contributed by atoms with Crippen LogP contribution in [0, 0.1) is 5.92 Å². The molecule has 2 aromatic carbocycles. The molecule has 1 aliphatic rings. The first kappa shape index (κ1) is 20.8. The molecular weight excluding hydrogens is 388 g/mol. The number of benzene rings is 2. The van der Waals surface area contributed by atoms with Gasteiger partial charge >= 0.3 is 0 Å². The molecule has 3 aromatic rings. The Kier molecular flexibility index (Phi) is 6.16. The predicted octanol–water partition coefficient (Wildman–Crippen LogP) is 3.87. The minimum absolute atomic E-state index is 0.0251. The lowest BCUT2D eigenvalue weighted by atomic mass is 9.92. The number of aromatic nitrogens is 2. The van der Waals surface area contributed by atoms with Gasteiger partial charge in [-0.3, -0.25) is 14.3 Å². The van der Waals surface area contributed by atoms with Gasteiger partial charge in [-0.15, -0.1) is 0 Å². The van der Waals surface area contributed by atoms with Crippen LogP contribution in [0.25, 0.3) is 0 Å². The SMILES string of the molecule is CC(C)CC(=O)N1Cc2ccccc2CC1C(=O)Nc1cccc(Cn2cccn2)c1. The quantitative estimate of drug-likeness (QED) is 0.663. The fraction of sp³-hybridized carbons (Fsp3) is 0.320. The molecule has 2 heterocycles. The van der Waals surface area contributed by atoms with Gasteiger partial charge in [-0.05, 0) is 40.8 Å². The zero-order valence-corrected chi connectivity index (χ0v) is 18.0.